The molecule has 0 N–H and O–H groups in total. The van der Waals surface area contributed by atoms with E-state index in [2.05, 4.69) is 22.9 Å². The Hall–Kier alpha value is -2.01. The van der Waals surface area contributed by atoms with Gasteiger partial charge in [0.2, 0.25) is 0 Å². The summed E-state index contributed by atoms with van der Waals surface area (Å²) in [5.74, 6) is 1.41. The van der Waals surface area contributed by atoms with Crippen LogP contribution in [0.1, 0.15) is 32.3 Å². The van der Waals surface area contributed by atoms with E-state index in [4.69, 9.17) is 4.74 Å². The number of amides is 1. The Morgan fingerprint density at radius 3 is 3.00 bits per heavy atom. The Morgan fingerprint density at radius 1 is 1.32 bits per heavy atom. The van der Waals surface area contributed by atoms with E-state index in [1.807, 2.05) is 37.3 Å². The molecule has 2 unspecified atom stereocenters. The maximum absolute atomic E-state index is 12.4. The first kappa shape index (κ1) is 16.5. The number of benzene rings is 1. The van der Waals surface area contributed by atoms with Crippen LogP contribution in [-0.4, -0.2) is 35.2 Å². The Kier molecular flexibility index (Phi) is 4.42. The van der Waals surface area contributed by atoms with E-state index in [-0.39, 0.29) is 12.0 Å². The monoisotopic (exact) mass is 354 g/mol. The van der Waals surface area contributed by atoms with E-state index in [1.165, 1.54) is 24.6 Å². The molecule has 5 heteroatoms. The zero-order valence-electron chi connectivity index (χ0n) is 14.6. The van der Waals surface area contributed by atoms with Crippen LogP contribution in [0.5, 0.6) is 5.75 Å². The standard InChI is InChI=1S/C20H22N2O2S/c1-13-6-5-9-22(12-13)20-21-19(23)18(25-20)11-16-10-15-7-3-4-8-17(15)24-14(16)2/h3-4,7-8,10-11,13-14H,5-6,9,12H2,1-2H3/b18-11-. The molecular formula is C20H22N2O2S. The van der Waals surface area contributed by atoms with E-state index in [1.54, 1.807) is 0 Å². The van der Waals surface area contributed by atoms with Gasteiger partial charge in [-0.2, -0.15) is 4.99 Å². The van der Waals surface area contributed by atoms with E-state index in [9.17, 15) is 4.79 Å². The van der Waals surface area contributed by atoms with Crippen LogP contribution in [0, 0.1) is 5.92 Å². The molecule has 0 bridgehead atoms. The molecule has 4 rings (SSSR count). The van der Waals surface area contributed by atoms with Gasteiger partial charge in [0.05, 0.1) is 4.91 Å². The van der Waals surface area contributed by atoms with Crippen molar-refractivity contribution in [3.8, 4) is 5.75 Å². The lowest BCUT2D eigenvalue weighted by Crippen LogP contribution is -2.37. The van der Waals surface area contributed by atoms with E-state index >= 15 is 0 Å². The van der Waals surface area contributed by atoms with Gasteiger partial charge < -0.3 is 9.64 Å². The molecule has 3 aliphatic rings. The maximum Gasteiger partial charge on any atom is 0.286 e. The second-order valence-corrected chi connectivity index (χ2v) is 7.95. The van der Waals surface area contributed by atoms with Gasteiger partial charge in [0.15, 0.2) is 5.17 Å². The van der Waals surface area contributed by atoms with Crippen molar-refractivity contribution in [3.05, 3.63) is 46.4 Å². The third-order valence-electron chi connectivity index (χ3n) is 4.85. The molecule has 4 nitrogen and oxygen atoms in total. The molecule has 0 spiro atoms. The number of para-hydroxylation sites is 1. The summed E-state index contributed by atoms with van der Waals surface area (Å²) in [5.41, 5.74) is 2.06. The predicted molar refractivity (Wildman–Crippen MR) is 103 cm³/mol. The lowest BCUT2D eigenvalue weighted by atomic mass is 10.0. The SMILES string of the molecule is CC1CCCN(C2=NC(=O)/C(=C/C3=Cc4ccccc4OC3C)S2)C1. The van der Waals surface area contributed by atoms with Crippen LogP contribution in [0.15, 0.2) is 45.8 Å². The Labute approximate surface area is 152 Å². The van der Waals surface area contributed by atoms with Crippen molar-refractivity contribution in [2.75, 3.05) is 13.1 Å². The van der Waals surface area contributed by atoms with Crippen molar-refractivity contribution >= 4 is 28.9 Å². The summed E-state index contributed by atoms with van der Waals surface area (Å²) in [6.07, 6.45) is 6.39. The van der Waals surface area contributed by atoms with Crippen LogP contribution < -0.4 is 4.74 Å². The molecule has 1 aromatic rings. The molecule has 1 fully saturated rings. The number of ether oxygens (including phenoxy) is 1. The quantitative estimate of drug-likeness (QED) is 0.712. The number of amidine groups is 1. The summed E-state index contributed by atoms with van der Waals surface area (Å²) in [5, 5.41) is 0.855. The van der Waals surface area contributed by atoms with E-state index in [0.29, 0.717) is 10.8 Å². The molecule has 2 atom stereocenters. The lowest BCUT2D eigenvalue weighted by Gasteiger charge is -2.31. The van der Waals surface area contributed by atoms with Gasteiger partial charge in [-0.15, -0.1) is 0 Å². The summed E-state index contributed by atoms with van der Waals surface area (Å²) in [7, 11) is 0. The van der Waals surface area contributed by atoms with Gasteiger partial charge in [-0.05, 0) is 61.2 Å². The molecule has 1 amide bonds. The molecule has 1 aromatic carbocycles. The van der Waals surface area contributed by atoms with Crippen LogP contribution in [0.2, 0.25) is 0 Å². The fraction of sp³-hybridized carbons (Fsp3) is 0.400. The minimum absolute atomic E-state index is 0.0742. The zero-order valence-corrected chi connectivity index (χ0v) is 15.4. The highest BCUT2D eigenvalue weighted by molar-refractivity contribution is 8.18. The zero-order chi connectivity index (χ0) is 17.4. The number of aliphatic imine (C=N–C) groups is 1. The van der Waals surface area contributed by atoms with Crippen LogP contribution >= 0.6 is 11.8 Å². The van der Waals surface area contributed by atoms with Crippen LogP contribution in [0.3, 0.4) is 0 Å². The smallest absolute Gasteiger partial charge is 0.286 e. The molecule has 130 valence electrons. The normalized spacial score (nSPS) is 27.7. The minimum atomic E-state index is -0.134. The number of nitrogens with zero attached hydrogens (tertiary/aromatic N) is 2. The van der Waals surface area contributed by atoms with Gasteiger partial charge >= 0.3 is 0 Å². The van der Waals surface area contributed by atoms with Gasteiger partial charge in [-0.25, -0.2) is 0 Å². The maximum atomic E-state index is 12.4. The molecule has 3 aliphatic heterocycles. The fourth-order valence-electron chi connectivity index (χ4n) is 3.47. The van der Waals surface area contributed by atoms with Gasteiger partial charge in [0.25, 0.3) is 5.91 Å². The fourth-order valence-corrected chi connectivity index (χ4v) is 4.42. The summed E-state index contributed by atoms with van der Waals surface area (Å²) in [4.78, 5) is 19.6. The largest absolute Gasteiger partial charge is 0.485 e. The number of hydrogen-bond acceptors (Lipinski definition) is 4. The van der Waals surface area contributed by atoms with Crippen molar-refractivity contribution in [1.29, 1.82) is 0 Å². The first-order chi connectivity index (χ1) is 12.1. The lowest BCUT2D eigenvalue weighted by molar-refractivity contribution is -0.113. The molecular weight excluding hydrogens is 332 g/mol. The van der Waals surface area contributed by atoms with E-state index in [0.717, 1.165) is 35.1 Å². The Morgan fingerprint density at radius 2 is 2.16 bits per heavy atom. The van der Waals surface area contributed by atoms with Crippen molar-refractivity contribution in [3.63, 3.8) is 0 Å². The summed E-state index contributed by atoms with van der Waals surface area (Å²) >= 11 is 1.50. The second-order valence-electron chi connectivity index (χ2n) is 6.95. The molecule has 25 heavy (non-hydrogen) atoms. The topological polar surface area (TPSA) is 41.9 Å². The molecule has 0 radical (unpaired) electrons. The summed E-state index contributed by atoms with van der Waals surface area (Å²) < 4.78 is 5.97. The second kappa shape index (κ2) is 6.71. The Balaban J connectivity index is 1.55. The molecule has 0 aromatic heterocycles. The Bertz CT molecular complexity index is 797. The number of piperidine rings is 1. The van der Waals surface area contributed by atoms with Crippen LogP contribution in [0.25, 0.3) is 6.08 Å². The highest BCUT2D eigenvalue weighted by Crippen LogP contribution is 2.35. The molecule has 3 heterocycles. The number of carbonyl (C=O) groups is 1. The number of carbonyl (C=O) groups excluding carboxylic acids is 1. The number of likely N-dealkylation sites (tertiary alicyclic amines) is 1. The highest BCUT2D eigenvalue weighted by atomic mass is 32.2. The predicted octanol–water partition coefficient (Wildman–Crippen LogP) is 4.10. The first-order valence-corrected chi connectivity index (χ1v) is 9.66. The van der Waals surface area contributed by atoms with E-state index < -0.39 is 0 Å². The summed E-state index contributed by atoms with van der Waals surface area (Å²) in [6.45, 7) is 6.25. The molecule has 1 saturated heterocycles. The number of hydrogen-bond donors (Lipinski definition) is 0. The van der Waals surface area contributed by atoms with Crippen molar-refractivity contribution in [2.24, 2.45) is 10.9 Å². The third kappa shape index (κ3) is 3.38. The number of fused-ring (bicyclic) bond motifs is 1. The average Bonchev–Trinajstić information content (AvgIpc) is 2.96. The van der Waals surface area contributed by atoms with Crippen molar-refractivity contribution < 1.29 is 9.53 Å². The van der Waals surface area contributed by atoms with Gasteiger partial charge in [0, 0.05) is 18.7 Å². The average molecular weight is 354 g/mol. The number of rotatable bonds is 1. The number of thioether (sulfide) groups is 1. The highest BCUT2D eigenvalue weighted by Gasteiger charge is 2.29. The third-order valence-corrected chi connectivity index (χ3v) is 5.89. The summed E-state index contributed by atoms with van der Waals surface area (Å²) in [6, 6.07) is 7.97. The molecule has 0 aliphatic carbocycles. The van der Waals surface area contributed by atoms with Gasteiger partial charge in [0.1, 0.15) is 11.9 Å². The minimum Gasteiger partial charge on any atom is -0.485 e. The van der Waals surface area contributed by atoms with Crippen molar-refractivity contribution in [1.82, 2.24) is 4.90 Å². The molecule has 0 saturated carbocycles. The first-order valence-electron chi connectivity index (χ1n) is 8.85. The van der Waals surface area contributed by atoms with Gasteiger partial charge in [-0.3, -0.25) is 4.79 Å². The van der Waals surface area contributed by atoms with Gasteiger partial charge in [-0.1, -0.05) is 25.1 Å². The van der Waals surface area contributed by atoms with Crippen LogP contribution in [0.4, 0.5) is 0 Å². The van der Waals surface area contributed by atoms with Crippen LogP contribution in [-0.2, 0) is 4.79 Å². The van der Waals surface area contributed by atoms with Crippen molar-refractivity contribution in [2.45, 2.75) is 32.8 Å².